The second kappa shape index (κ2) is 7.09. The van der Waals surface area contributed by atoms with Crippen molar-refractivity contribution in [1.29, 1.82) is 0 Å². The summed E-state index contributed by atoms with van der Waals surface area (Å²) < 4.78 is 0. The summed E-state index contributed by atoms with van der Waals surface area (Å²) >= 11 is 0. The summed E-state index contributed by atoms with van der Waals surface area (Å²) in [6.45, 7) is 2.15. The number of para-hydroxylation sites is 2. The van der Waals surface area contributed by atoms with Gasteiger partial charge in [-0.3, -0.25) is 4.79 Å². The number of nitrogens with zero attached hydrogens (tertiary/aromatic N) is 1. The second-order valence-corrected chi connectivity index (χ2v) is 5.67. The molecule has 1 atom stereocenters. The predicted octanol–water partition coefficient (Wildman–Crippen LogP) is 4.22. The average Bonchev–Trinajstić information content (AvgIpc) is 3.03. The first-order valence-corrected chi connectivity index (χ1v) is 8.08. The highest BCUT2D eigenvalue weighted by Gasteiger charge is 2.18. The Morgan fingerprint density at radius 3 is 2.61 bits per heavy atom. The van der Waals surface area contributed by atoms with Crippen LogP contribution in [0.25, 0.3) is 11.0 Å². The number of rotatable bonds is 6. The second-order valence-electron chi connectivity index (χ2n) is 5.67. The number of hydrogen-bond donors (Lipinski definition) is 2. The molecule has 0 saturated heterocycles. The molecule has 2 N–H and O–H groups in total. The maximum Gasteiger partial charge on any atom is 0.251 e. The van der Waals surface area contributed by atoms with Crippen LogP contribution in [-0.2, 0) is 0 Å². The van der Waals surface area contributed by atoms with Crippen molar-refractivity contribution >= 4 is 16.9 Å². The molecule has 23 heavy (non-hydrogen) atoms. The van der Waals surface area contributed by atoms with Gasteiger partial charge in [0.25, 0.3) is 5.91 Å². The zero-order chi connectivity index (χ0) is 16.1. The van der Waals surface area contributed by atoms with E-state index in [1.165, 1.54) is 0 Å². The number of aromatic nitrogens is 2. The summed E-state index contributed by atoms with van der Waals surface area (Å²) in [5.41, 5.74) is 2.60. The molecule has 1 amide bonds. The summed E-state index contributed by atoms with van der Waals surface area (Å²) in [7, 11) is 0. The smallest absolute Gasteiger partial charge is 0.251 e. The molecule has 0 bridgehead atoms. The van der Waals surface area contributed by atoms with Crippen molar-refractivity contribution in [3.05, 3.63) is 66.0 Å². The minimum absolute atomic E-state index is 0.0628. The van der Waals surface area contributed by atoms with Crippen LogP contribution in [-0.4, -0.2) is 15.9 Å². The third kappa shape index (κ3) is 3.59. The van der Waals surface area contributed by atoms with Crippen LogP contribution in [0.15, 0.2) is 54.6 Å². The van der Waals surface area contributed by atoms with E-state index in [0.717, 1.165) is 36.1 Å². The number of fused-ring (bicyclic) bond motifs is 1. The number of hydrogen-bond acceptors (Lipinski definition) is 2. The molecule has 0 aliphatic rings. The lowest BCUT2D eigenvalue weighted by Gasteiger charge is -2.16. The molecular formula is C19H21N3O. The Bertz CT molecular complexity index is 746. The van der Waals surface area contributed by atoms with Gasteiger partial charge in [-0.1, -0.05) is 50.1 Å². The Morgan fingerprint density at radius 1 is 1.13 bits per heavy atom. The largest absolute Gasteiger partial charge is 0.342 e. The van der Waals surface area contributed by atoms with E-state index in [0.29, 0.717) is 5.56 Å². The number of carbonyl (C=O) groups is 1. The van der Waals surface area contributed by atoms with E-state index in [1.54, 1.807) is 0 Å². The van der Waals surface area contributed by atoms with Gasteiger partial charge in [-0.05, 0) is 30.7 Å². The van der Waals surface area contributed by atoms with Gasteiger partial charge in [0.1, 0.15) is 5.82 Å². The molecule has 0 spiro atoms. The van der Waals surface area contributed by atoms with Crippen LogP contribution >= 0.6 is 0 Å². The molecule has 3 aromatic rings. The van der Waals surface area contributed by atoms with E-state index in [-0.39, 0.29) is 11.9 Å². The first-order chi connectivity index (χ1) is 11.3. The van der Waals surface area contributed by atoms with Gasteiger partial charge in [0.05, 0.1) is 17.1 Å². The first-order valence-electron chi connectivity index (χ1n) is 8.08. The van der Waals surface area contributed by atoms with Gasteiger partial charge in [0.2, 0.25) is 0 Å². The highest BCUT2D eigenvalue weighted by Crippen LogP contribution is 2.21. The summed E-state index contributed by atoms with van der Waals surface area (Å²) in [4.78, 5) is 20.4. The van der Waals surface area contributed by atoms with Crippen LogP contribution in [0.5, 0.6) is 0 Å². The van der Waals surface area contributed by atoms with Crippen molar-refractivity contribution in [2.45, 2.75) is 32.2 Å². The van der Waals surface area contributed by atoms with Gasteiger partial charge in [-0.2, -0.15) is 0 Å². The fourth-order valence-corrected chi connectivity index (χ4v) is 2.65. The van der Waals surface area contributed by atoms with Crippen LogP contribution in [0.4, 0.5) is 0 Å². The maximum atomic E-state index is 12.5. The number of unbranched alkanes of at least 4 members (excludes halogenated alkanes) is 1. The topological polar surface area (TPSA) is 57.8 Å². The quantitative estimate of drug-likeness (QED) is 0.716. The third-order valence-corrected chi connectivity index (χ3v) is 3.93. The van der Waals surface area contributed by atoms with E-state index < -0.39 is 0 Å². The van der Waals surface area contributed by atoms with Crippen molar-refractivity contribution in [2.75, 3.05) is 0 Å². The molecule has 0 aliphatic heterocycles. The SMILES string of the molecule is CCCC[C@@H](NC(=O)c1ccccc1)c1nc2ccccc2[nH]1. The fourth-order valence-electron chi connectivity index (χ4n) is 2.65. The lowest BCUT2D eigenvalue weighted by atomic mass is 10.1. The van der Waals surface area contributed by atoms with Gasteiger partial charge in [0, 0.05) is 5.56 Å². The number of benzene rings is 2. The first kappa shape index (κ1) is 15.3. The zero-order valence-corrected chi connectivity index (χ0v) is 13.3. The lowest BCUT2D eigenvalue weighted by Crippen LogP contribution is -2.29. The summed E-state index contributed by atoms with van der Waals surface area (Å²) in [5, 5.41) is 3.11. The predicted molar refractivity (Wildman–Crippen MR) is 92.3 cm³/mol. The summed E-state index contributed by atoms with van der Waals surface area (Å²) in [6.07, 6.45) is 2.99. The highest BCUT2D eigenvalue weighted by molar-refractivity contribution is 5.94. The van der Waals surface area contributed by atoms with Crippen LogP contribution in [0.1, 0.15) is 48.4 Å². The normalized spacial score (nSPS) is 12.2. The monoisotopic (exact) mass is 307 g/mol. The summed E-state index contributed by atoms with van der Waals surface area (Å²) in [6, 6.07) is 17.1. The third-order valence-electron chi connectivity index (χ3n) is 3.93. The van der Waals surface area contributed by atoms with Crippen molar-refractivity contribution < 1.29 is 4.79 Å². The van der Waals surface area contributed by atoms with E-state index in [4.69, 9.17) is 0 Å². The number of carbonyl (C=O) groups excluding carboxylic acids is 1. The molecule has 0 saturated carbocycles. The molecule has 1 aromatic heterocycles. The minimum Gasteiger partial charge on any atom is -0.342 e. The van der Waals surface area contributed by atoms with E-state index in [9.17, 15) is 4.79 Å². The van der Waals surface area contributed by atoms with Crippen molar-refractivity contribution in [2.24, 2.45) is 0 Å². The number of H-pyrrole nitrogens is 1. The van der Waals surface area contributed by atoms with Crippen molar-refractivity contribution in [1.82, 2.24) is 15.3 Å². The molecule has 118 valence electrons. The van der Waals surface area contributed by atoms with Gasteiger partial charge in [-0.25, -0.2) is 4.98 Å². The van der Waals surface area contributed by atoms with Crippen molar-refractivity contribution in [3.8, 4) is 0 Å². The molecule has 0 unspecified atom stereocenters. The van der Waals surface area contributed by atoms with Crippen LogP contribution in [0.2, 0.25) is 0 Å². The molecule has 4 heteroatoms. The van der Waals surface area contributed by atoms with E-state index in [2.05, 4.69) is 22.2 Å². The molecule has 2 aromatic carbocycles. The minimum atomic E-state index is -0.102. The molecule has 0 radical (unpaired) electrons. The lowest BCUT2D eigenvalue weighted by molar-refractivity contribution is 0.0932. The van der Waals surface area contributed by atoms with E-state index in [1.807, 2.05) is 54.6 Å². The number of aromatic amines is 1. The maximum absolute atomic E-state index is 12.5. The fraction of sp³-hybridized carbons (Fsp3) is 0.263. The van der Waals surface area contributed by atoms with Gasteiger partial charge in [0.15, 0.2) is 0 Å². The van der Waals surface area contributed by atoms with Gasteiger partial charge >= 0.3 is 0 Å². The highest BCUT2D eigenvalue weighted by atomic mass is 16.1. The van der Waals surface area contributed by atoms with Gasteiger partial charge in [-0.15, -0.1) is 0 Å². The molecule has 0 fully saturated rings. The Morgan fingerprint density at radius 2 is 1.87 bits per heavy atom. The molecule has 1 heterocycles. The Hall–Kier alpha value is -2.62. The van der Waals surface area contributed by atoms with Crippen LogP contribution in [0.3, 0.4) is 0 Å². The zero-order valence-electron chi connectivity index (χ0n) is 13.3. The molecule has 4 nitrogen and oxygen atoms in total. The number of nitrogens with one attached hydrogen (secondary N) is 2. The van der Waals surface area contributed by atoms with Gasteiger partial charge < -0.3 is 10.3 Å². The number of amides is 1. The van der Waals surface area contributed by atoms with Crippen LogP contribution < -0.4 is 5.32 Å². The Balaban J connectivity index is 1.83. The summed E-state index contributed by atoms with van der Waals surface area (Å²) in [5.74, 6) is 0.760. The van der Waals surface area contributed by atoms with E-state index >= 15 is 0 Å². The van der Waals surface area contributed by atoms with Crippen molar-refractivity contribution in [3.63, 3.8) is 0 Å². The molecule has 3 rings (SSSR count). The standard InChI is InChI=1S/C19H21N3O/c1-2-3-11-17(22-19(23)14-9-5-4-6-10-14)18-20-15-12-7-8-13-16(15)21-18/h4-10,12-13,17H,2-3,11H2,1H3,(H,20,21)(H,22,23)/t17-/m1/s1. The average molecular weight is 307 g/mol. The molecule has 0 aliphatic carbocycles. The number of imidazole rings is 1. The Kier molecular flexibility index (Phi) is 4.71. The van der Waals surface area contributed by atoms with Crippen LogP contribution in [0, 0.1) is 0 Å². The molecular weight excluding hydrogens is 286 g/mol. The Labute approximate surface area is 136 Å².